The summed E-state index contributed by atoms with van der Waals surface area (Å²) < 4.78 is 0. The highest BCUT2D eigenvalue weighted by Gasteiger charge is 2.15. The van der Waals surface area contributed by atoms with Crippen molar-refractivity contribution in [3.63, 3.8) is 0 Å². The van der Waals surface area contributed by atoms with Gasteiger partial charge in [-0.05, 0) is 17.7 Å². The van der Waals surface area contributed by atoms with Crippen molar-refractivity contribution in [1.29, 1.82) is 0 Å². The molecule has 1 heterocycles. The molecular formula is C13H15N3O2. The molecule has 0 unspecified atom stereocenters. The van der Waals surface area contributed by atoms with Gasteiger partial charge in [-0.25, -0.2) is 4.98 Å². The molecule has 18 heavy (non-hydrogen) atoms. The molecule has 0 aliphatic carbocycles. The topological polar surface area (TPSA) is 92.0 Å². The van der Waals surface area contributed by atoms with E-state index < -0.39 is 6.04 Å². The number of hydrogen-bond donors (Lipinski definition) is 3. The molecule has 1 aromatic carbocycles. The number of aromatic amines is 1. The van der Waals surface area contributed by atoms with Crippen LogP contribution in [0.4, 0.5) is 0 Å². The van der Waals surface area contributed by atoms with Crippen molar-refractivity contribution in [2.24, 2.45) is 5.73 Å². The fourth-order valence-corrected chi connectivity index (χ4v) is 1.75. The highest BCUT2D eigenvalue weighted by atomic mass is 16.3. The third-order valence-electron chi connectivity index (χ3n) is 2.70. The maximum Gasteiger partial charge on any atom is 0.154 e. The molecular weight excluding hydrogens is 230 g/mol. The number of ketones is 1. The maximum atomic E-state index is 11.9. The largest absolute Gasteiger partial charge is 0.508 e. The summed E-state index contributed by atoms with van der Waals surface area (Å²) in [6.45, 7) is 0. The van der Waals surface area contributed by atoms with E-state index in [0.717, 1.165) is 11.3 Å². The Morgan fingerprint density at radius 1 is 1.50 bits per heavy atom. The smallest absolute Gasteiger partial charge is 0.154 e. The molecule has 0 spiro atoms. The molecule has 0 aliphatic heterocycles. The van der Waals surface area contributed by atoms with Crippen molar-refractivity contribution in [1.82, 2.24) is 9.97 Å². The zero-order chi connectivity index (χ0) is 13.0. The van der Waals surface area contributed by atoms with E-state index >= 15 is 0 Å². The SMILES string of the molecule is N[C@@H](Cc1cnc[nH]1)C(=O)Cc1cccc(O)c1. The predicted octanol–water partition coefficient (Wildman–Crippen LogP) is 0.797. The molecule has 5 nitrogen and oxygen atoms in total. The van der Waals surface area contributed by atoms with Crippen LogP contribution in [0.25, 0.3) is 0 Å². The van der Waals surface area contributed by atoms with Gasteiger partial charge in [0, 0.05) is 24.7 Å². The number of nitrogens with zero attached hydrogens (tertiary/aromatic N) is 1. The van der Waals surface area contributed by atoms with E-state index in [1.807, 2.05) is 0 Å². The monoisotopic (exact) mass is 245 g/mol. The number of imidazole rings is 1. The maximum absolute atomic E-state index is 11.9. The van der Waals surface area contributed by atoms with Crippen molar-refractivity contribution in [2.45, 2.75) is 18.9 Å². The Labute approximate surface area is 105 Å². The number of phenolic OH excluding ortho intramolecular Hbond substituents is 1. The number of nitrogens with two attached hydrogens (primary N) is 1. The van der Waals surface area contributed by atoms with Gasteiger partial charge in [-0.1, -0.05) is 12.1 Å². The summed E-state index contributed by atoms with van der Waals surface area (Å²) in [6.07, 6.45) is 3.88. The first kappa shape index (κ1) is 12.3. The lowest BCUT2D eigenvalue weighted by molar-refractivity contribution is -0.119. The van der Waals surface area contributed by atoms with Crippen molar-refractivity contribution >= 4 is 5.78 Å². The van der Waals surface area contributed by atoms with Crippen LogP contribution >= 0.6 is 0 Å². The lowest BCUT2D eigenvalue weighted by atomic mass is 10.0. The first-order valence-corrected chi connectivity index (χ1v) is 5.68. The van der Waals surface area contributed by atoms with Gasteiger partial charge < -0.3 is 15.8 Å². The van der Waals surface area contributed by atoms with Crippen LogP contribution in [0.3, 0.4) is 0 Å². The number of benzene rings is 1. The number of carbonyl (C=O) groups is 1. The van der Waals surface area contributed by atoms with E-state index in [0.29, 0.717) is 6.42 Å². The molecule has 2 aromatic rings. The van der Waals surface area contributed by atoms with Crippen molar-refractivity contribution < 1.29 is 9.90 Å². The van der Waals surface area contributed by atoms with Crippen LogP contribution < -0.4 is 5.73 Å². The molecule has 4 N–H and O–H groups in total. The lowest BCUT2D eigenvalue weighted by Crippen LogP contribution is -2.34. The van der Waals surface area contributed by atoms with Gasteiger partial charge >= 0.3 is 0 Å². The Morgan fingerprint density at radius 3 is 3.00 bits per heavy atom. The van der Waals surface area contributed by atoms with E-state index in [4.69, 9.17) is 5.73 Å². The van der Waals surface area contributed by atoms with Crippen molar-refractivity contribution in [2.75, 3.05) is 0 Å². The molecule has 0 saturated carbocycles. The zero-order valence-electron chi connectivity index (χ0n) is 9.84. The van der Waals surface area contributed by atoms with Crippen LogP contribution in [0, 0.1) is 0 Å². The normalized spacial score (nSPS) is 12.3. The van der Waals surface area contributed by atoms with Gasteiger partial charge in [0.25, 0.3) is 0 Å². The van der Waals surface area contributed by atoms with E-state index in [2.05, 4.69) is 9.97 Å². The van der Waals surface area contributed by atoms with Crippen LogP contribution in [-0.4, -0.2) is 26.9 Å². The fraction of sp³-hybridized carbons (Fsp3) is 0.231. The number of hydrogen-bond acceptors (Lipinski definition) is 4. The Hall–Kier alpha value is -2.14. The third kappa shape index (κ3) is 3.18. The first-order valence-electron chi connectivity index (χ1n) is 5.68. The second-order valence-electron chi connectivity index (χ2n) is 4.20. The summed E-state index contributed by atoms with van der Waals surface area (Å²) in [5, 5.41) is 9.32. The molecule has 0 bridgehead atoms. The summed E-state index contributed by atoms with van der Waals surface area (Å²) in [7, 11) is 0. The van der Waals surface area contributed by atoms with Crippen molar-refractivity contribution in [3.8, 4) is 5.75 Å². The van der Waals surface area contributed by atoms with E-state index in [9.17, 15) is 9.90 Å². The standard InChI is InChI=1S/C13H15N3O2/c14-12(6-10-7-15-8-16-10)13(18)5-9-2-1-3-11(17)4-9/h1-4,7-8,12,17H,5-6,14H2,(H,15,16)/t12-/m0/s1. The number of Topliss-reactive ketones (excluding diaryl/α,β-unsaturated/α-hetero) is 1. The molecule has 0 fully saturated rings. The molecule has 2 rings (SSSR count). The van der Waals surface area contributed by atoms with Gasteiger partial charge in [-0.3, -0.25) is 4.79 Å². The molecule has 0 radical (unpaired) electrons. The summed E-state index contributed by atoms with van der Waals surface area (Å²) in [4.78, 5) is 18.7. The average molecular weight is 245 g/mol. The molecule has 1 atom stereocenters. The molecule has 5 heteroatoms. The summed E-state index contributed by atoms with van der Waals surface area (Å²) >= 11 is 0. The highest BCUT2D eigenvalue weighted by Crippen LogP contribution is 2.12. The zero-order valence-corrected chi connectivity index (χ0v) is 9.84. The Balaban J connectivity index is 1.95. The van der Waals surface area contributed by atoms with Gasteiger partial charge in [0.1, 0.15) is 5.75 Å². The fourth-order valence-electron chi connectivity index (χ4n) is 1.75. The third-order valence-corrected chi connectivity index (χ3v) is 2.70. The number of rotatable bonds is 5. The number of aromatic nitrogens is 2. The number of phenols is 1. The van der Waals surface area contributed by atoms with Crippen LogP contribution in [0.15, 0.2) is 36.8 Å². The van der Waals surface area contributed by atoms with Crippen LogP contribution in [0.2, 0.25) is 0 Å². The van der Waals surface area contributed by atoms with Gasteiger partial charge in [0.2, 0.25) is 0 Å². The minimum Gasteiger partial charge on any atom is -0.508 e. The first-order chi connectivity index (χ1) is 8.65. The molecule has 0 saturated heterocycles. The summed E-state index contributed by atoms with van der Waals surface area (Å²) in [6, 6.07) is 6.07. The predicted molar refractivity (Wildman–Crippen MR) is 67.1 cm³/mol. The quantitative estimate of drug-likeness (QED) is 0.726. The van der Waals surface area contributed by atoms with E-state index in [1.165, 1.54) is 0 Å². The van der Waals surface area contributed by atoms with Gasteiger partial charge in [-0.2, -0.15) is 0 Å². The summed E-state index contributed by atoms with van der Waals surface area (Å²) in [5.41, 5.74) is 7.44. The number of aromatic hydroxyl groups is 1. The Kier molecular flexibility index (Phi) is 3.74. The van der Waals surface area contributed by atoms with Crippen LogP contribution in [0.1, 0.15) is 11.3 Å². The Bertz CT molecular complexity index is 523. The second-order valence-corrected chi connectivity index (χ2v) is 4.20. The molecule has 0 amide bonds. The Morgan fingerprint density at radius 2 is 2.33 bits per heavy atom. The van der Waals surface area contributed by atoms with E-state index in [-0.39, 0.29) is 18.0 Å². The molecule has 94 valence electrons. The minimum atomic E-state index is -0.562. The lowest BCUT2D eigenvalue weighted by Gasteiger charge is -2.09. The number of carbonyl (C=O) groups excluding carboxylic acids is 1. The minimum absolute atomic E-state index is 0.0600. The summed E-state index contributed by atoms with van der Waals surface area (Å²) in [5.74, 6) is 0.0950. The van der Waals surface area contributed by atoms with E-state index in [1.54, 1.807) is 36.8 Å². The van der Waals surface area contributed by atoms with Crippen molar-refractivity contribution in [3.05, 3.63) is 48.0 Å². The average Bonchev–Trinajstić information content (AvgIpc) is 2.81. The van der Waals surface area contributed by atoms with Gasteiger partial charge in [-0.15, -0.1) is 0 Å². The van der Waals surface area contributed by atoms with Gasteiger partial charge in [0.05, 0.1) is 12.4 Å². The number of H-pyrrole nitrogens is 1. The van der Waals surface area contributed by atoms with Gasteiger partial charge in [0.15, 0.2) is 5.78 Å². The molecule has 1 aromatic heterocycles. The van der Waals surface area contributed by atoms with Crippen LogP contribution in [-0.2, 0) is 17.6 Å². The number of nitrogens with one attached hydrogen (secondary N) is 1. The highest BCUT2D eigenvalue weighted by molar-refractivity contribution is 5.86. The van der Waals surface area contributed by atoms with Crippen LogP contribution in [0.5, 0.6) is 5.75 Å². The second kappa shape index (κ2) is 5.46. The molecule has 0 aliphatic rings.